The van der Waals surface area contributed by atoms with Crippen LogP contribution in [0.4, 0.5) is 0 Å². The molecule has 0 saturated carbocycles. The summed E-state index contributed by atoms with van der Waals surface area (Å²) in [6.07, 6.45) is 0. The molecule has 26 heavy (non-hydrogen) atoms. The smallest absolute Gasteiger partial charge is 0.188 e. The van der Waals surface area contributed by atoms with Crippen molar-refractivity contribution in [2.75, 3.05) is 27.2 Å². The Labute approximate surface area is 162 Å². The summed E-state index contributed by atoms with van der Waals surface area (Å²) >= 11 is 0. The lowest BCUT2D eigenvalue weighted by Crippen LogP contribution is -2.25. The number of aryl methyl sites for hydroxylation is 2. The van der Waals surface area contributed by atoms with Crippen molar-refractivity contribution in [3.8, 4) is 5.75 Å². The van der Waals surface area contributed by atoms with Crippen LogP contribution in [0.3, 0.4) is 0 Å². The predicted octanol–water partition coefficient (Wildman–Crippen LogP) is 4.58. The predicted molar refractivity (Wildman–Crippen MR) is 120 cm³/mol. The minimum absolute atomic E-state index is 0.0189. The molecular formula is C22H32O2P2. The Hall–Kier alpha value is -0.940. The van der Waals surface area contributed by atoms with E-state index in [1.807, 2.05) is 0 Å². The molecule has 0 aromatic heterocycles. The van der Waals surface area contributed by atoms with E-state index >= 15 is 0 Å². The Kier molecular flexibility index (Phi) is 7.26. The standard InChI is InChI=1S/C22H32O2P2/c1-15-12-17(22(3,4)5)20(24-14-23-6)18(13-15)25-21-16(2)10-9-11-19(21)26(7)8/h9-13,25H,14H2,1-8H3. The lowest BCUT2D eigenvalue weighted by atomic mass is 9.85. The second kappa shape index (κ2) is 8.83. The molecule has 0 amide bonds. The summed E-state index contributed by atoms with van der Waals surface area (Å²) in [6, 6.07) is 11.2. The number of rotatable bonds is 6. The Bertz CT molecular complexity index is 761. The molecule has 0 N–H and O–H groups in total. The first-order chi connectivity index (χ1) is 12.1. The largest absolute Gasteiger partial charge is 0.467 e. The van der Waals surface area contributed by atoms with E-state index in [1.54, 1.807) is 7.11 Å². The van der Waals surface area contributed by atoms with Gasteiger partial charge in [0, 0.05) is 18.0 Å². The number of hydrogen-bond acceptors (Lipinski definition) is 2. The highest BCUT2D eigenvalue weighted by Crippen LogP contribution is 2.35. The van der Waals surface area contributed by atoms with Crippen molar-refractivity contribution in [1.29, 1.82) is 0 Å². The normalized spacial score (nSPS) is 12.3. The lowest BCUT2D eigenvalue weighted by Gasteiger charge is -2.26. The molecule has 2 aromatic rings. The van der Waals surface area contributed by atoms with E-state index in [0.29, 0.717) is 8.58 Å². The SMILES string of the molecule is COCOc1c(Pc2c(C)cccc2P(C)C)cc(C)cc1C(C)(C)C. The maximum absolute atomic E-state index is 6.10. The maximum Gasteiger partial charge on any atom is 0.188 e. The van der Waals surface area contributed by atoms with E-state index in [1.165, 1.54) is 32.6 Å². The Morgan fingerprint density at radius 3 is 2.35 bits per heavy atom. The summed E-state index contributed by atoms with van der Waals surface area (Å²) in [4.78, 5) is 0. The first kappa shape index (κ1) is 21.4. The zero-order valence-electron chi connectivity index (χ0n) is 17.4. The third-order valence-electron chi connectivity index (χ3n) is 4.35. The van der Waals surface area contributed by atoms with Crippen LogP contribution in [0, 0.1) is 13.8 Å². The number of hydrogen-bond donors (Lipinski definition) is 0. The van der Waals surface area contributed by atoms with Gasteiger partial charge >= 0.3 is 0 Å². The van der Waals surface area contributed by atoms with Gasteiger partial charge in [0.25, 0.3) is 0 Å². The fourth-order valence-electron chi connectivity index (χ4n) is 3.02. The van der Waals surface area contributed by atoms with Crippen LogP contribution in [-0.2, 0) is 10.2 Å². The van der Waals surface area contributed by atoms with Gasteiger partial charge in [-0.25, -0.2) is 0 Å². The van der Waals surface area contributed by atoms with Crippen LogP contribution in [0.25, 0.3) is 0 Å². The molecule has 0 radical (unpaired) electrons. The van der Waals surface area contributed by atoms with Gasteiger partial charge in [0.1, 0.15) is 5.75 Å². The Morgan fingerprint density at radius 2 is 1.77 bits per heavy atom. The van der Waals surface area contributed by atoms with E-state index in [9.17, 15) is 0 Å². The molecule has 1 unspecified atom stereocenters. The van der Waals surface area contributed by atoms with Gasteiger partial charge < -0.3 is 9.47 Å². The van der Waals surface area contributed by atoms with Gasteiger partial charge in [0.05, 0.1) is 0 Å². The zero-order chi connectivity index (χ0) is 19.5. The molecule has 0 bridgehead atoms. The second-order valence-electron chi connectivity index (χ2n) is 7.98. The second-order valence-corrected chi connectivity index (χ2v) is 11.5. The molecule has 0 saturated heterocycles. The molecule has 142 valence electrons. The van der Waals surface area contributed by atoms with E-state index in [-0.39, 0.29) is 20.1 Å². The van der Waals surface area contributed by atoms with Crippen LogP contribution < -0.4 is 20.7 Å². The fourth-order valence-corrected chi connectivity index (χ4v) is 6.25. The number of benzene rings is 2. The van der Waals surface area contributed by atoms with Gasteiger partial charge in [-0.1, -0.05) is 61.5 Å². The molecule has 0 spiro atoms. The quantitative estimate of drug-likeness (QED) is 0.531. The first-order valence-electron chi connectivity index (χ1n) is 8.96. The third-order valence-corrected chi connectivity index (χ3v) is 7.46. The van der Waals surface area contributed by atoms with Crippen molar-refractivity contribution in [2.24, 2.45) is 0 Å². The van der Waals surface area contributed by atoms with Gasteiger partial charge in [-0.3, -0.25) is 0 Å². The molecular weight excluding hydrogens is 358 g/mol. The average Bonchev–Trinajstić information content (AvgIpc) is 2.54. The molecule has 0 aliphatic rings. The molecule has 2 aromatic carbocycles. The molecule has 1 atom stereocenters. The van der Waals surface area contributed by atoms with Crippen molar-refractivity contribution >= 4 is 32.4 Å². The minimum atomic E-state index is -0.146. The monoisotopic (exact) mass is 390 g/mol. The number of ether oxygens (including phenoxy) is 2. The van der Waals surface area contributed by atoms with Crippen molar-refractivity contribution < 1.29 is 9.47 Å². The Morgan fingerprint density at radius 1 is 1.08 bits per heavy atom. The van der Waals surface area contributed by atoms with Crippen molar-refractivity contribution in [1.82, 2.24) is 0 Å². The minimum Gasteiger partial charge on any atom is -0.467 e. The van der Waals surface area contributed by atoms with E-state index in [4.69, 9.17) is 9.47 Å². The number of methoxy groups -OCH3 is 1. The summed E-state index contributed by atoms with van der Waals surface area (Å²) < 4.78 is 11.3. The topological polar surface area (TPSA) is 18.5 Å². The Balaban J connectivity index is 2.61. The summed E-state index contributed by atoms with van der Waals surface area (Å²) in [5.74, 6) is 0.994. The van der Waals surface area contributed by atoms with Gasteiger partial charge in [-0.05, 0) is 60.4 Å². The molecule has 4 heteroatoms. The van der Waals surface area contributed by atoms with Gasteiger partial charge in [-0.15, -0.1) is 0 Å². The summed E-state index contributed by atoms with van der Waals surface area (Å²) in [7, 11) is 2.11. The van der Waals surface area contributed by atoms with Crippen molar-refractivity contribution in [3.05, 3.63) is 47.0 Å². The van der Waals surface area contributed by atoms with E-state index < -0.39 is 0 Å². The van der Waals surface area contributed by atoms with Gasteiger partial charge in [-0.2, -0.15) is 0 Å². The highest BCUT2D eigenvalue weighted by Gasteiger charge is 2.23. The summed E-state index contributed by atoms with van der Waals surface area (Å²) in [5, 5.41) is 4.24. The van der Waals surface area contributed by atoms with Gasteiger partial charge in [0.15, 0.2) is 6.79 Å². The average molecular weight is 390 g/mol. The van der Waals surface area contributed by atoms with E-state index in [2.05, 4.69) is 78.3 Å². The fraction of sp³-hybridized carbons (Fsp3) is 0.455. The molecule has 0 aliphatic heterocycles. The lowest BCUT2D eigenvalue weighted by molar-refractivity contribution is 0.0506. The summed E-state index contributed by atoms with van der Waals surface area (Å²) in [6.45, 7) is 16.1. The zero-order valence-corrected chi connectivity index (χ0v) is 19.3. The third kappa shape index (κ3) is 5.07. The van der Waals surface area contributed by atoms with Crippen molar-refractivity contribution in [2.45, 2.75) is 40.0 Å². The van der Waals surface area contributed by atoms with Crippen LogP contribution in [0.5, 0.6) is 5.75 Å². The molecule has 0 aliphatic carbocycles. The molecule has 2 nitrogen and oxygen atoms in total. The first-order valence-corrected chi connectivity index (χ1v) is 12.2. The van der Waals surface area contributed by atoms with E-state index in [0.717, 1.165) is 5.75 Å². The molecule has 0 heterocycles. The summed E-state index contributed by atoms with van der Waals surface area (Å²) in [5.41, 5.74) is 3.92. The highest BCUT2D eigenvalue weighted by atomic mass is 31.1. The molecule has 2 rings (SSSR count). The molecule has 0 fully saturated rings. The maximum atomic E-state index is 6.10. The van der Waals surface area contributed by atoms with Crippen LogP contribution in [-0.4, -0.2) is 27.2 Å². The van der Waals surface area contributed by atoms with Crippen LogP contribution in [0.15, 0.2) is 30.3 Å². The van der Waals surface area contributed by atoms with Crippen LogP contribution in [0.1, 0.15) is 37.5 Å². The van der Waals surface area contributed by atoms with Crippen LogP contribution in [0.2, 0.25) is 0 Å². The van der Waals surface area contributed by atoms with Crippen LogP contribution >= 0.6 is 16.5 Å². The van der Waals surface area contributed by atoms with Crippen molar-refractivity contribution in [3.63, 3.8) is 0 Å². The highest BCUT2D eigenvalue weighted by molar-refractivity contribution is 7.67. The van der Waals surface area contributed by atoms with Gasteiger partial charge in [0.2, 0.25) is 0 Å².